The molecule has 0 bridgehead atoms. The van der Waals surface area contributed by atoms with Crippen LogP contribution in [0.1, 0.15) is 125 Å². The van der Waals surface area contributed by atoms with E-state index >= 15 is 0 Å². The Balaban J connectivity index is 1.37. The minimum absolute atomic E-state index is 0.0247. The predicted octanol–water partition coefficient (Wildman–Crippen LogP) is 2.82. The number of nitrogens with one attached hydrogen (secondary N) is 8. The van der Waals surface area contributed by atoms with Gasteiger partial charge in [0.05, 0.1) is 24.2 Å². The summed E-state index contributed by atoms with van der Waals surface area (Å²) in [7, 11) is 3.27. The standard InChI is InChI=1S/C54H76N10O9/c1-11-30(3)45(61-47(66)34(7)55-9)53(72)63-28-40(26-43(63)51(70)57-32(5)36-19-15-13-16-20-36)59-49(68)38-23-39(25-42(65)24-38)50(69)60-41-27-44(52(71)58-33(6)37-21-17-14-18-22-37)64(29-41)54(73)46(31(4)12-2)62-48(67)35(8)56-10/h13-25,30-35,40-41,43-46,55-56,65H,11-12,26-29H2,1-10H3,(H,57,70)(H,58,71)(H,59,68)(H,60,69)(H,61,66)(H,62,67)/t30-,31-,32+,33?,34-,35-,40-,41-,43-,44-,45?,46?/m0/s1. The average molecular weight is 1010 g/mol. The molecule has 9 N–H and O–H groups in total. The van der Waals surface area contributed by atoms with Gasteiger partial charge in [0.1, 0.15) is 29.9 Å². The highest BCUT2D eigenvalue weighted by atomic mass is 16.3. The molecule has 3 unspecified atom stereocenters. The number of carbonyl (C=O) groups excluding carboxylic acids is 8. The molecular formula is C54H76N10O9. The Labute approximate surface area is 429 Å². The van der Waals surface area contributed by atoms with Crippen molar-refractivity contribution >= 4 is 47.3 Å². The molecule has 2 aliphatic rings. The first kappa shape index (κ1) is 57.0. The molecule has 2 heterocycles. The van der Waals surface area contributed by atoms with Crippen molar-refractivity contribution in [1.82, 2.24) is 52.3 Å². The van der Waals surface area contributed by atoms with Gasteiger partial charge >= 0.3 is 0 Å². The van der Waals surface area contributed by atoms with Gasteiger partial charge in [0, 0.05) is 36.3 Å². The zero-order valence-electron chi connectivity index (χ0n) is 43.8. The summed E-state index contributed by atoms with van der Waals surface area (Å²) in [6, 6.07) is 14.8. The van der Waals surface area contributed by atoms with Crippen molar-refractivity contribution in [3.05, 3.63) is 101 Å². The van der Waals surface area contributed by atoms with E-state index in [2.05, 4.69) is 42.5 Å². The summed E-state index contributed by atoms with van der Waals surface area (Å²) in [5.41, 5.74) is 1.52. The number of phenolic OH excluding ortho intramolecular Hbond substituents is 1. The molecule has 2 aliphatic heterocycles. The third kappa shape index (κ3) is 14.7. The van der Waals surface area contributed by atoms with Crippen LogP contribution in [0.25, 0.3) is 0 Å². The zero-order chi connectivity index (χ0) is 53.7. The quantitative estimate of drug-likeness (QED) is 0.0707. The van der Waals surface area contributed by atoms with Crippen molar-refractivity contribution in [1.29, 1.82) is 0 Å². The topological polar surface area (TPSA) is 260 Å². The van der Waals surface area contributed by atoms with Crippen LogP contribution in [0.5, 0.6) is 5.75 Å². The SMILES string of the molecule is CC[C@H](C)C(NC(=O)[C@H](C)NC)C(=O)N1C[C@@H](NC(=O)c2cc(O)cc(C(=O)N[C@H]3C[C@@H](C(=O)N[C@H](C)c4ccccc4)N(C(=O)C(NC(=O)[C@H](C)NC)[C@@H](C)CC)C3)c2)C[C@H]1C(=O)NC(C)c1ccccc1. The molecule has 0 spiro atoms. The molecule has 0 aliphatic carbocycles. The van der Waals surface area contributed by atoms with Crippen LogP contribution in [0.15, 0.2) is 78.9 Å². The maximum absolute atomic E-state index is 14.5. The lowest BCUT2D eigenvalue weighted by Gasteiger charge is -2.32. The molecule has 12 atom stereocenters. The van der Waals surface area contributed by atoms with Crippen molar-refractivity contribution in [2.24, 2.45) is 11.8 Å². The number of likely N-dealkylation sites (N-methyl/N-ethyl adjacent to an activating group) is 2. The van der Waals surface area contributed by atoms with Gasteiger partial charge in [-0.3, -0.25) is 38.4 Å². The van der Waals surface area contributed by atoms with E-state index in [-0.39, 0.29) is 60.7 Å². The van der Waals surface area contributed by atoms with Gasteiger partial charge in [0.25, 0.3) is 11.8 Å². The Bertz CT molecular complexity index is 2260. The van der Waals surface area contributed by atoms with E-state index < -0.39 is 102 Å². The minimum atomic E-state index is -1.03. The summed E-state index contributed by atoms with van der Waals surface area (Å²) < 4.78 is 0. The first-order chi connectivity index (χ1) is 34.7. The van der Waals surface area contributed by atoms with Gasteiger partial charge in [0.2, 0.25) is 35.4 Å². The molecular weight excluding hydrogens is 933 g/mol. The van der Waals surface area contributed by atoms with Gasteiger partial charge in [-0.25, -0.2) is 0 Å². The van der Waals surface area contributed by atoms with E-state index in [1.54, 1.807) is 27.9 Å². The summed E-state index contributed by atoms with van der Waals surface area (Å²) >= 11 is 0. The lowest BCUT2D eigenvalue weighted by atomic mass is 9.97. The number of likely N-dealkylation sites (tertiary alicyclic amines) is 2. The summed E-state index contributed by atoms with van der Waals surface area (Å²) in [5, 5.41) is 34.2. The highest BCUT2D eigenvalue weighted by molar-refractivity contribution is 6.01. The monoisotopic (exact) mass is 1010 g/mol. The second-order valence-electron chi connectivity index (χ2n) is 19.6. The molecule has 2 saturated heterocycles. The number of hydrogen-bond donors (Lipinski definition) is 9. The van der Waals surface area contributed by atoms with Crippen LogP contribution in [-0.2, 0) is 28.8 Å². The van der Waals surface area contributed by atoms with Crippen molar-refractivity contribution in [3.63, 3.8) is 0 Å². The van der Waals surface area contributed by atoms with Gasteiger partial charge in [0.15, 0.2) is 0 Å². The van der Waals surface area contributed by atoms with Crippen LogP contribution >= 0.6 is 0 Å². The van der Waals surface area contributed by atoms with E-state index in [1.165, 1.54) is 28.0 Å². The van der Waals surface area contributed by atoms with Gasteiger partial charge in [-0.05, 0) is 95.8 Å². The van der Waals surface area contributed by atoms with E-state index in [1.807, 2.05) is 102 Å². The first-order valence-electron chi connectivity index (χ1n) is 25.4. The average Bonchev–Trinajstić information content (AvgIpc) is 4.03. The van der Waals surface area contributed by atoms with Gasteiger partial charge < -0.3 is 57.4 Å². The fourth-order valence-electron chi connectivity index (χ4n) is 9.09. The largest absolute Gasteiger partial charge is 0.508 e. The number of benzene rings is 3. The lowest BCUT2D eigenvalue weighted by molar-refractivity contribution is -0.143. The van der Waals surface area contributed by atoms with Crippen molar-refractivity contribution in [2.45, 2.75) is 141 Å². The maximum atomic E-state index is 14.5. The molecule has 19 nitrogen and oxygen atoms in total. The van der Waals surface area contributed by atoms with Crippen molar-refractivity contribution < 1.29 is 43.5 Å². The molecule has 2 fully saturated rings. The number of aromatic hydroxyl groups is 1. The molecule has 0 saturated carbocycles. The molecule has 19 heteroatoms. The number of nitrogens with zero attached hydrogens (tertiary/aromatic N) is 2. The number of phenols is 1. The molecule has 3 aromatic rings. The second-order valence-corrected chi connectivity index (χ2v) is 19.6. The smallest absolute Gasteiger partial charge is 0.251 e. The van der Waals surface area contributed by atoms with Crippen LogP contribution in [0, 0.1) is 11.8 Å². The molecule has 0 radical (unpaired) electrons. The highest BCUT2D eigenvalue weighted by Gasteiger charge is 2.46. The number of rotatable bonds is 22. The van der Waals surface area contributed by atoms with Crippen LogP contribution in [-0.4, -0.2) is 138 Å². The molecule has 5 rings (SSSR count). The third-order valence-corrected chi connectivity index (χ3v) is 14.4. The molecule has 8 amide bonds. The number of hydrogen-bond acceptors (Lipinski definition) is 11. The first-order valence-corrected chi connectivity index (χ1v) is 25.4. The maximum Gasteiger partial charge on any atom is 0.251 e. The van der Waals surface area contributed by atoms with Gasteiger partial charge in [-0.15, -0.1) is 0 Å². The fourth-order valence-corrected chi connectivity index (χ4v) is 9.09. The molecule has 396 valence electrons. The summed E-state index contributed by atoms with van der Waals surface area (Å²) in [6.45, 7) is 14.3. The van der Waals surface area contributed by atoms with Crippen LogP contribution in [0.3, 0.4) is 0 Å². The van der Waals surface area contributed by atoms with Crippen LogP contribution < -0.4 is 42.5 Å². The van der Waals surface area contributed by atoms with Gasteiger partial charge in [-0.1, -0.05) is 101 Å². The van der Waals surface area contributed by atoms with Crippen LogP contribution in [0.2, 0.25) is 0 Å². The van der Waals surface area contributed by atoms with E-state index in [4.69, 9.17) is 0 Å². The van der Waals surface area contributed by atoms with E-state index in [0.717, 1.165) is 11.1 Å². The van der Waals surface area contributed by atoms with Crippen molar-refractivity contribution in [3.8, 4) is 5.75 Å². The van der Waals surface area contributed by atoms with E-state index in [9.17, 15) is 43.5 Å². The Morgan fingerprint density at radius 1 is 0.548 bits per heavy atom. The fraction of sp³-hybridized carbons (Fsp3) is 0.519. The Hall–Kier alpha value is -6.86. The molecule has 73 heavy (non-hydrogen) atoms. The summed E-state index contributed by atoms with van der Waals surface area (Å²) in [6.07, 6.45) is 1.14. The molecule has 3 aromatic carbocycles. The predicted molar refractivity (Wildman–Crippen MR) is 277 cm³/mol. The Morgan fingerprint density at radius 2 is 0.904 bits per heavy atom. The number of amides is 8. The summed E-state index contributed by atoms with van der Waals surface area (Å²) in [5.74, 6) is -5.02. The third-order valence-electron chi connectivity index (χ3n) is 14.4. The van der Waals surface area contributed by atoms with E-state index in [0.29, 0.717) is 12.8 Å². The van der Waals surface area contributed by atoms with Crippen molar-refractivity contribution in [2.75, 3.05) is 27.2 Å². The second kappa shape index (κ2) is 26.2. The number of carbonyl (C=O) groups is 8. The van der Waals surface area contributed by atoms with Gasteiger partial charge in [-0.2, -0.15) is 0 Å². The normalized spacial score (nSPS) is 20.7. The Morgan fingerprint density at radius 3 is 1.23 bits per heavy atom. The Kier molecular flexibility index (Phi) is 20.5. The summed E-state index contributed by atoms with van der Waals surface area (Å²) in [4.78, 5) is 114. The molecule has 0 aromatic heterocycles. The minimum Gasteiger partial charge on any atom is -0.508 e. The lowest BCUT2D eigenvalue weighted by Crippen LogP contribution is -2.57. The highest BCUT2D eigenvalue weighted by Crippen LogP contribution is 2.27. The zero-order valence-corrected chi connectivity index (χ0v) is 43.8. The van der Waals surface area contributed by atoms with Crippen LogP contribution in [0.4, 0.5) is 0 Å².